The van der Waals surface area contributed by atoms with Crippen LogP contribution in [-0.4, -0.2) is 26.4 Å². The highest BCUT2D eigenvalue weighted by atomic mass is 32.2. The van der Waals surface area contributed by atoms with E-state index >= 15 is 0 Å². The zero-order chi connectivity index (χ0) is 17.1. The first kappa shape index (κ1) is 17.0. The number of carbonyl (C=O) groups is 1. The van der Waals surface area contributed by atoms with Gasteiger partial charge in [0.1, 0.15) is 5.82 Å². The summed E-state index contributed by atoms with van der Waals surface area (Å²) in [5, 5.41) is 12.2. The normalized spacial score (nSPS) is 15.3. The van der Waals surface area contributed by atoms with Gasteiger partial charge in [0.25, 0.3) is 0 Å². The van der Waals surface area contributed by atoms with Gasteiger partial charge in [-0.3, -0.25) is 4.79 Å². The van der Waals surface area contributed by atoms with Crippen LogP contribution in [0.3, 0.4) is 0 Å². The molecule has 1 aliphatic rings. The quantitative estimate of drug-likeness (QED) is 0.773. The third-order valence-corrected chi connectivity index (χ3v) is 5.54. The maximum Gasteiger partial charge on any atom is 0.234 e. The number of benzene rings is 1. The van der Waals surface area contributed by atoms with E-state index in [9.17, 15) is 4.79 Å². The largest absolute Gasteiger partial charge is 0.325 e. The number of hydrogen-bond donors (Lipinski definition) is 1. The molecule has 1 aromatic heterocycles. The number of nitrogens with zero attached hydrogens (tertiary/aromatic N) is 3. The molecule has 0 bridgehead atoms. The molecule has 0 radical (unpaired) electrons. The minimum Gasteiger partial charge on any atom is -0.325 e. The van der Waals surface area contributed by atoms with Gasteiger partial charge in [0, 0.05) is 18.7 Å². The molecule has 1 aromatic carbocycles. The van der Waals surface area contributed by atoms with Gasteiger partial charge in [-0.15, -0.1) is 10.2 Å². The lowest BCUT2D eigenvalue weighted by Gasteiger charge is -2.10. The highest BCUT2D eigenvalue weighted by Gasteiger charge is 2.29. The summed E-state index contributed by atoms with van der Waals surface area (Å²) in [7, 11) is 1.97. The van der Waals surface area contributed by atoms with Crippen LogP contribution in [0.15, 0.2) is 29.4 Å². The van der Waals surface area contributed by atoms with E-state index < -0.39 is 0 Å². The summed E-state index contributed by atoms with van der Waals surface area (Å²) in [5.41, 5.74) is 2.14. The monoisotopic (exact) mass is 344 g/mol. The van der Waals surface area contributed by atoms with E-state index in [0.29, 0.717) is 17.6 Å². The average Bonchev–Trinajstić information content (AvgIpc) is 3.36. The van der Waals surface area contributed by atoms with Gasteiger partial charge in [-0.1, -0.05) is 37.7 Å². The molecule has 1 amide bonds. The van der Waals surface area contributed by atoms with Gasteiger partial charge in [-0.25, -0.2) is 0 Å². The number of carbonyl (C=O) groups excluding carboxylic acids is 1. The molecule has 0 aliphatic heterocycles. The van der Waals surface area contributed by atoms with Gasteiger partial charge in [-0.2, -0.15) is 0 Å². The van der Waals surface area contributed by atoms with Crippen molar-refractivity contribution in [2.24, 2.45) is 7.05 Å². The standard InChI is InChI=1S/C18H24N4OS/c1-4-12(2)13-7-9-15(10-8-13)19-16(23)11-24-18-21-20-17(22(18)3)14-5-6-14/h7-10,12,14H,4-6,11H2,1-3H3,(H,19,23)/t12-/m0/s1. The Hall–Kier alpha value is -1.82. The van der Waals surface area contributed by atoms with Crippen LogP contribution in [0.1, 0.15) is 56.3 Å². The molecule has 24 heavy (non-hydrogen) atoms. The molecule has 1 aliphatic carbocycles. The minimum absolute atomic E-state index is 0.0211. The topological polar surface area (TPSA) is 59.8 Å². The lowest BCUT2D eigenvalue weighted by atomic mass is 9.99. The Kier molecular flexibility index (Phi) is 5.23. The van der Waals surface area contributed by atoms with E-state index in [1.54, 1.807) is 0 Å². The summed E-state index contributed by atoms with van der Waals surface area (Å²) in [4.78, 5) is 12.1. The Morgan fingerprint density at radius 2 is 2.04 bits per heavy atom. The van der Waals surface area contributed by atoms with Crippen LogP contribution in [0.5, 0.6) is 0 Å². The van der Waals surface area contributed by atoms with E-state index in [1.165, 1.54) is 30.2 Å². The van der Waals surface area contributed by atoms with Crippen molar-refractivity contribution in [2.45, 2.75) is 50.1 Å². The first-order chi connectivity index (χ1) is 11.6. The molecule has 1 heterocycles. The molecule has 128 valence electrons. The molecule has 1 saturated carbocycles. The Labute approximate surface area is 147 Å². The zero-order valence-corrected chi connectivity index (χ0v) is 15.3. The van der Waals surface area contributed by atoms with Gasteiger partial charge in [0.2, 0.25) is 5.91 Å². The molecular weight excluding hydrogens is 320 g/mol. The van der Waals surface area contributed by atoms with E-state index in [0.717, 1.165) is 23.1 Å². The first-order valence-electron chi connectivity index (χ1n) is 8.50. The molecule has 0 spiro atoms. The lowest BCUT2D eigenvalue weighted by Crippen LogP contribution is -2.14. The van der Waals surface area contributed by atoms with E-state index in [1.807, 2.05) is 23.7 Å². The maximum absolute atomic E-state index is 12.1. The summed E-state index contributed by atoms with van der Waals surface area (Å²) in [6, 6.07) is 8.11. The van der Waals surface area contributed by atoms with E-state index in [-0.39, 0.29) is 5.91 Å². The van der Waals surface area contributed by atoms with Crippen LogP contribution in [0.2, 0.25) is 0 Å². The molecular formula is C18H24N4OS. The number of thioether (sulfide) groups is 1. The maximum atomic E-state index is 12.1. The van der Waals surface area contributed by atoms with Gasteiger partial charge in [0.05, 0.1) is 5.75 Å². The molecule has 6 heteroatoms. The van der Waals surface area contributed by atoms with Gasteiger partial charge in [-0.05, 0) is 42.9 Å². The minimum atomic E-state index is -0.0211. The van der Waals surface area contributed by atoms with Crippen LogP contribution in [0, 0.1) is 0 Å². The molecule has 5 nitrogen and oxygen atoms in total. The third kappa shape index (κ3) is 3.98. The smallest absolute Gasteiger partial charge is 0.234 e. The molecule has 0 saturated heterocycles. The number of anilines is 1. The molecule has 0 unspecified atom stereocenters. The van der Waals surface area contributed by atoms with E-state index in [2.05, 4.69) is 41.5 Å². The second-order valence-electron chi connectivity index (χ2n) is 6.44. The second kappa shape index (κ2) is 7.38. The number of hydrogen-bond acceptors (Lipinski definition) is 4. The van der Waals surface area contributed by atoms with Crippen molar-refractivity contribution in [1.29, 1.82) is 0 Å². The molecule has 1 fully saturated rings. The van der Waals surface area contributed by atoms with Crippen molar-refractivity contribution in [2.75, 3.05) is 11.1 Å². The van der Waals surface area contributed by atoms with Crippen LogP contribution in [0.4, 0.5) is 5.69 Å². The van der Waals surface area contributed by atoms with Gasteiger partial charge >= 0.3 is 0 Å². The summed E-state index contributed by atoms with van der Waals surface area (Å²) < 4.78 is 2.01. The van der Waals surface area contributed by atoms with Gasteiger partial charge < -0.3 is 9.88 Å². The number of nitrogens with one attached hydrogen (secondary N) is 1. The van der Waals surface area contributed by atoms with Crippen LogP contribution in [0.25, 0.3) is 0 Å². The summed E-state index contributed by atoms with van der Waals surface area (Å²) in [6.07, 6.45) is 3.51. The van der Waals surface area contributed by atoms with Crippen LogP contribution >= 0.6 is 11.8 Å². The van der Waals surface area contributed by atoms with Gasteiger partial charge in [0.15, 0.2) is 5.16 Å². The zero-order valence-electron chi connectivity index (χ0n) is 14.5. The fourth-order valence-electron chi connectivity index (χ4n) is 2.61. The highest BCUT2D eigenvalue weighted by molar-refractivity contribution is 7.99. The predicted octanol–water partition coefficient (Wildman–Crippen LogP) is 3.94. The second-order valence-corrected chi connectivity index (χ2v) is 7.38. The van der Waals surface area contributed by atoms with Crippen molar-refractivity contribution in [1.82, 2.24) is 14.8 Å². The molecule has 2 aromatic rings. The average molecular weight is 344 g/mol. The Bertz CT molecular complexity index is 706. The molecule has 1 N–H and O–H groups in total. The van der Waals surface area contributed by atoms with Crippen LogP contribution in [-0.2, 0) is 11.8 Å². The predicted molar refractivity (Wildman–Crippen MR) is 97.5 cm³/mol. The number of aromatic nitrogens is 3. The van der Waals surface area contributed by atoms with Crippen molar-refractivity contribution in [3.63, 3.8) is 0 Å². The summed E-state index contributed by atoms with van der Waals surface area (Å²) in [5.74, 6) is 2.46. The number of rotatable bonds is 7. The van der Waals surface area contributed by atoms with Crippen LogP contribution < -0.4 is 5.32 Å². The first-order valence-corrected chi connectivity index (χ1v) is 9.49. The molecule has 3 rings (SSSR count). The highest BCUT2D eigenvalue weighted by Crippen LogP contribution is 2.39. The fraction of sp³-hybridized carbons (Fsp3) is 0.500. The Balaban J connectivity index is 1.52. The third-order valence-electron chi connectivity index (χ3n) is 4.52. The summed E-state index contributed by atoms with van der Waals surface area (Å²) >= 11 is 1.43. The number of amides is 1. The Morgan fingerprint density at radius 3 is 2.67 bits per heavy atom. The molecule has 1 atom stereocenters. The van der Waals surface area contributed by atoms with Crippen molar-refractivity contribution >= 4 is 23.4 Å². The summed E-state index contributed by atoms with van der Waals surface area (Å²) in [6.45, 7) is 4.39. The van der Waals surface area contributed by atoms with E-state index in [4.69, 9.17) is 0 Å². The SMILES string of the molecule is CC[C@H](C)c1ccc(NC(=O)CSc2nnc(C3CC3)n2C)cc1. The van der Waals surface area contributed by atoms with Crippen molar-refractivity contribution < 1.29 is 4.79 Å². The van der Waals surface area contributed by atoms with Crippen molar-refractivity contribution in [3.05, 3.63) is 35.7 Å². The lowest BCUT2D eigenvalue weighted by molar-refractivity contribution is -0.113. The van der Waals surface area contributed by atoms with Crippen molar-refractivity contribution in [3.8, 4) is 0 Å². The Morgan fingerprint density at radius 1 is 1.33 bits per heavy atom. The fourth-order valence-corrected chi connectivity index (χ4v) is 3.32.